The van der Waals surface area contributed by atoms with Gasteiger partial charge in [-0.15, -0.1) is 0 Å². The minimum Gasteiger partial charge on any atom is -0.396 e. The van der Waals surface area contributed by atoms with Crippen molar-refractivity contribution in [2.75, 3.05) is 24.7 Å². The van der Waals surface area contributed by atoms with Crippen molar-refractivity contribution < 1.29 is 18.3 Å². The highest BCUT2D eigenvalue weighted by atomic mass is 32.2. The van der Waals surface area contributed by atoms with E-state index in [-0.39, 0.29) is 35.5 Å². The van der Waals surface area contributed by atoms with E-state index in [9.17, 15) is 13.5 Å². The molecule has 98 valence electrons. The topological polar surface area (TPSA) is 63.6 Å². The lowest BCUT2D eigenvalue weighted by molar-refractivity contribution is -0.0282. The molecule has 0 aromatic heterocycles. The number of rotatable bonds is 3. The van der Waals surface area contributed by atoms with Crippen LogP contribution in [0.2, 0.25) is 0 Å². The number of hydrogen-bond acceptors (Lipinski definition) is 4. The number of ether oxygens (including phenoxy) is 1. The molecule has 0 spiro atoms. The molecule has 3 atom stereocenters. The molecule has 0 amide bonds. The molecule has 0 radical (unpaired) electrons. The second-order valence-corrected chi connectivity index (χ2v) is 8.10. The van der Waals surface area contributed by atoms with Crippen LogP contribution in [0, 0.1) is 17.3 Å². The molecular formula is C12H20O4S. The Morgan fingerprint density at radius 2 is 2.06 bits per heavy atom. The van der Waals surface area contributed by atoms with Gasteiger partial charge in [-0.1, -0.05) is 0 Å². The molecule has 4 nitrogen and oxygen atoms in total. The largest absolute Gasteiger partial charge is 0.396 e. The molecule has 17 heavy (non-hydrogen) atoms. The molecule has 1 saturated carbocycles. The summed E-state index contributed by atoms with van der Waals surface area (Å²) in [6.45, 7) is 0.757. The van der Waals surface area contributed by atoms with E-state index in [0.717, 1.165) is 6.42 Å². The first kappa shape index (κ1) is 11.9. The maximum atomic E-state index is 11.6. The Hall–Kier alpha value is -0.130. The van der Waals surface area contributed by atoms with Crippen LogP contribution in [0.25, 0.3) is 0 Å². The van der Waals surface area contributed by atoms with Crippen molar-refractivity contribution in [2.24, 2.45) is 17.3 Å². The Bertz CT molecular complexity index is 401. The Kier molecular flexibility index (Phi) is 2.76. The maximum Gasteiger partial charge on any atom is 0.150 e. The summed E-state index contributed by atoms with van der Waals surface area (Å²) in [5.74, 6) is 1.20. The van der Waals surface area contributed by atoms with Crippen LogP contribution in [-0.2, 0) is 14.6 Å². The zero-order valence-corrected chi connectivity index (χ0v) is 10.8. The van der Waals surface area contributed by atoms with Gasteiger partial charge in [0.2, 0.25) is 0 Å². The lowest BCUT2D eigenvalue weighted by atomic mass is 9.69. The fraction of sp³-hybridized carbons (Fsp3) is 1.00. The Morgan fingerprint density at radius 3 is 2.59 bits per heavy atom. The van der Waals surface area contributed by atoms with Crippen LogP contribution in [0.1, 0.15) is 25.7 Å². The summed E-state index contributed by atoms with van der Waals surface area (Å²) in [6, 6.07) is 0. The monoisotopic (exact) mass is 260 g/mol. The van der Waals surface area contributed by atoms with Gasteiger partial charge in [0.25, 0.3) is 0 Å². The highest BCUT2D eigenvalue weighted by Gasteiger charge is 2.56. The summed E-state index contributed by atoms with van der Waals surface area (Å²) in [6.07, 6.45) is 3.98. The average Bonchev–Trinajstić information content (AvgIpc) is 2.93. The molecule has 1 aliphatic carbocycles. The van der Waals surface area contributed by atoms with E-state index in [2.05, 4.69) is 0 Å². The first-order valence-corrected chi connectivity index (χ1v) is 8.32. The molecule has 2 saturated heterocycles. The van der Waals surface area contributed by atoms with Gasteiger partial charge in [0.1, 0.15) is 0 Å². The molecule has 3 unspecified atom stereocenters. The Morgan fingerprint density at radius 1 is 1.29 bits per heavy atom. The van der Waals surface area contributed by atoms with Crippen molar-refractivity contribution >= 4 is 9.84 Å². The molecule has 3 rings (SSSR count). The van der Waals surface area contributed by atoms with E-state index in [0.29, 0.717) is 18.9 Å². The highest BCUT2D eigenvalue weighted by Crippen LogP contribution is 2.53. The smallest absolute Gasteiger partial charge is 0.150 e. The first-order valence-electron chi connectivity index (χ1n) is 6.50. The van der Waals surface area contributed by atoms with Gasteiger partial charge in [-0.05, 0) is 37.5 Å². The fourth-order valence-electron chi connectivity index (χ4n) is 3.67. The molecule has 0 aromatic rings. The summed E-state index contributed by atoms with van der Waals surface area (Å²) in [5.41, 5.74) is -0.273. The third kappa shape index (κ3) is 1.92. The summed E-state index contributed by atoms with van der Waals surface area (Å²) in [5, 5.41) is 9.82. The molecule has 3 fully saturated rings. The zero-order chi connectivity index (χ0) is 12.1. The van der Waals surface area contributed by atoms with Crippen LogP contribution in [0.4, 0.5) is 0 Å². The van der Waals surface area contributed by atoms with E-state index in [1.165, 1.54) is 12.8 Å². The van der Waals surface area contributed by atoms with Gasteiger partial charge in [0.05, 0.1) is 24.2 Å². The average molecular weight is 260 g/mol. The number of aliphatic hydroxyl groups excluding tert-OH is 1. The van der Waals surface area contributed by atoms with E-state index in [1.807, 2.05) is 0 Å². The van der Waals surface area contributed by atoms with Gasteiger partial charge in [-0.25, -0.2) is 8.42 Å². The van der Waals surface area contributed by atoms with Gasteiger partial charge in [-0.2, -0.15) is 0 Å². The molecular weight excluding hydrogens is 240 g/mol. The van der Waals surface area contributed by atoms with Crippen LogP contribution in [0.15, 0.2) is 0 Å². The zero-order valence-electron chi connectivity index (χ0n) is 9.97. The van der Waals surface area contributed by atoms with Crippen molar-refractivity contribution in [3.05, 3.63) is 0 Å². The van der Waals surface area contributed by atoms with Crippen LogP contribution in [-0.4, -0.2) is 44.3 Å². The van der Waals surface area contributed by atoms with Crippen LogP contribution < -0.4 is 0 Å². The van der Waals surface area contributed by atoms with Gasteiger partial charge in [0, 0.05) is 12.0 Å². The number of sulfone groups is 1. The molecule has 1 N–H and O–H groups in total. The molecule has 2 aliphatic heterocycles. The normalized spacial score (nSPS) is 45.2. The highest BCUT2D eigenvalue weighted by molar-refractivity contribution is 7.91. The summed E-state index contributed by atoms with van der Waals surface area (Å²) >= 11 is 0. The summed E-state index contributed by atoms with van der Waals surface area (Å²) < 4.78 is 29.1. The summed E-state index contributed by atoms with van der Waals surface area (Å²) in [4.78, 5) is 0. The second-order valence-electron chi connectivity index (χ2n) is 5.87. The molecule has 0 bridgehead atoms. The first-order chi connectivity index (χ1) is 8.07. The van der Waals surface area contributed by atoms with Gasteiger partial charge >= 0.3 is 0 Å². The quantitative estimate of drug-likeness (QED) is 0.807. The van der Waals surface area contributed by atoms with E-state index in [4.69, 9.17) is 4.74 Å². The molecule has 2 heterocycles. The lowest BCUT2D eigenvalue weighted by Gasteiger charge is -2.37. The number of hydrogen-bond donors (Lipinski definition) is 1. The second kappa shape index (κ2) is 3.93. The predicted molar refractivity (Wildman–Crippen MR) is 63.4 cm³/mol. The molecule has 3 aliphatic rings. The standard InChI is InChI=1S/C12H20O4S/c13-8-12(10-3-6-17(14,15)7-10)4-5-16-11(12)9-1-2-9/h9-11,13H,1-8H2. The van der Waals surface area contributed by atoms with Gasteiger partial charge in [-0.3, -0.25) is 0 Å². The third-order valence-corrected chi connectivity index (χ3v) is 6.59. The van der Waals surface area contributed by atoms with E-state index in [1.54, 1.807) is 0 Å². The van der Waals surface area contributed by atoms with Crippen molar-refractivity contribution in [3.63, 3.8) is 0 Å². The fourth-order valence-corrected chi connectivity index (χ4v) is 5.59. The van der Waals surface area contributed by atoms with Gasteiger partial charge in [0.15, 0.2) is 9.84 Å². The van der Waals surface area contributed by atoms with Crippen molar-refractivity contribution in [1.29, 1.82) is 0 Å². The minimum absolute atomic E-state index is 0.0777. The van der Waals surface area contributed by atoms with Gasteiger partial charge < -0.3 is 9.84 Å². The Balaban J connectivity index is 1.86. The minimum atomic E-state index is -2.88. The predicted octanol–water partition coefficient (Wildman–Crippen LogP) is 0.599. The van der Waals surface area contributed by atoms with Crippen molar-refractivity contribution in [3.8, 4) is 0 Å². The van der Waals surface area contributed by atoms with Crippen LogP contribution in [0.5, 0.6) is 0 Å². The van der Waals surface area contributed by atoms with Crippen LogP contribution >= 0.6 is 0 Å². The van der Waals surface area contributed by atoms with Crippen molar-refractivity contribution in [1.82, 2.24) is 0 Å². The van der Waals surface area contributed by atoms with Crippen LogP contribution in [0.3, 0.4) is 0 Å². The number of aliphatic hydroxyl groups is 1. The van der Waals surface area contributed by atoms with E-state index >= 15 is 0 Å². The lowest BCUT2D eigenvalue weighted by Crippen LogP contribution is -2.43. The maximum absolute atomic E-state index is 11.6. The third-order valence-electron chi connectivity index (χ3n) is 4.82. The molecule has 5 heteroatoms. The molecule has 0 aromatic carbocycles. The van der Waals surface area contributed by atoms with Crippen molar-refractivity contribution in [2.45, 2.75) is 31.8 Å². The Labute approximate surface area is 102 Å². The SMILES string of the molecule is O=S1(=O)CCC(C2(CO)CCOC2C2CC2)C1. The summed E-state index contributed by atoms with van der Waals surface area (Å²) in [7, 11) is -2.88. The van der Waals surface area contributed by atoms with E-state index < -0.39 is 9.84 Å².